The van der Waals surface area contributed by atoms with Crippen molar-refractivity contribution in [3.8, 4) is 0 Å². The number of benzene rings is 2. The van der Waals surface area contributed by atoms with E-state index in [4.69, 9.17) is 0 Å². The number of carbonyl (C=O) groups is 2. The Balaban J connectivity index is 1.94. The Morgan fingerprint density at radius 2 is 1.56 bits per heavy atom. The SMILES string of the molecule is CCCCc1ccc(N2C(=O)C(SCC)=C(c3ccc(C)cc3)C2=O)cc1. The molecule has 0 saturated carbocycles. The first kappa shape index (κ1) is 19.4. The minimum Gasteiger partial charge on any atom is -0.268 e. The number of nitrogens with zero attached hydrogens (tertiary/aromatic N) is 1. The predicted octanol–water partition coefficient (Wildman–Crippen LogP) is 5.38. The molecule has 1 aliphatic heterocycles. The molecule has 3 nitrogen and oxygen atoms in total. The van der Waals surface area contributed by atoms with Gasteiger partial charge < -0.3 is 0 Å². The summed E-state index contributed by atoms with van der Waals surface area (Å²) < 4.78 is 0. The molecule has 0 atom stereocenters. The molecule has 0 aliphatic carbocycles. The number of hydrogen-bond acceptors (Lipinski definition) is 3. The minimum atomic E-state index is -0.235. The summed E-state index contributed by atoms with van der Waals surface area (Å²) >= 11 is 1.44. The van der Waals surface area contributed by atoms with Crippen molar-refractivity contribution in [3.05, 3.63) is 70.1 Å². The molecule has 140 valence electrons. The van der Waals surface area contributed by atoms with E-state index in [0.717, 1.165) is 36.1 Å². The van der Waals surface area contributed by atoms with Gasteiger partial charge in [0.2, 0.25) is 0 Å². The molecular formula is C23H25NO2S. The molecule has 0 radical (unpaired) electrons. The van der Waals surface area contributed by atoms with E-state index in [9.17, 15) is 9.59 Å². The Morgan fingerprint density at radius 3 is 2.15 bits per heavy atom. The largest absolute Gasteiger partial charge is 0.272 e. The highest BCUT2D eigenvalue weighted by atomic mass is 32.2. The zero-order valence-corrected chi connectivity index (χ0v) is 16.9. The highest BCUT2D eigenvalue weighted by Crippen LogP contribution is 2.38. The Morgan fingerprint density at radius 1 is 0.889 bits per heavy atom. The average Bonchev–Trinajstić information content (AvgIpc) is 2.92. The topological polar surface area (TPSA) is 37.4 Å². The maximum atomic E-state index is 13.2. The Bertz CT molecular complexity index is 866. The molecule has 2 amide bonds. The van der Waals surface area contributed by atoms with Gasteiger partial charge in [0.25, 0.3) is 11.8 Å². The molecule has 0 spiro atoms. The third-order valence-corrected chi connectivity index (χ3v) is 5.64. The van der Waals surface area contributed by atoms with Crippen LogP contribution in [0.4, 0.5) is 5.69 Å². The number of thioether (sulfide) groups is 1. The van der Waals surface area contributed by atoms with E-state index in [1.165, 1.54) is 22.2 Å². The minimum absolute atomic E-state index is 0.219. The third kappa shape index (κ3) is 4.01. The van der Waals surface area contributed by atoms with Crippen molar-refractivity contribution in [3.63, 3.8) is 0 Å². The first-order valence-corrected chi connectivity index (χ1v) is 10.5. The van der Waals surface area contributed by atoms with Crippen LogP contribution in [-0.4, -0.2) is 17.6 Å². The number of imide groups is 1. The van der Waals surface area contributed by atoms with Crippen LogP contribution in [0.25, 0.3) is 5.57 Å². The number of carbonyl (C=O) groups excluding carboxylic acids is 2. The second-order valence-corrected chi connectivity index (χ2v) is 7.99. The fraction of sp³-hybridized carbons (Fsp3) is 0.304. The number of aryl methyl sites for hydroxylation is 2. The maximum absolute atomic E-state index is 13.2. The highest BCUT2D eigenvalue weighted by molar-refractivity contribution is 8.04. The maximum Gasteiger partial charge on any atom is 0.272 e. The van der Waals surface area contributed by atoms with Gasteiger partial charge in [0.1, 0.15) is 0 Å². The van der Waals surface area contributed by atoms with Crippen LogP contribution < -0.4 is 4.90 Å². The van der Waals surface area contributed by atoms with Crippen molar-refractivity contribution >= 4 is 34.8 Å². The molecule has 0 N–H and O–H groups in total. The summed E-state index contributed by atoms with van der Waals surface area (Å²) in [5, 5.41) is 0. The number of amides is 2. The standard InChI is InChI=1S/C23H25NO2S/c1-4-6-7-17-10-14-19(15-11-17)24-22(25)20(21(23(24)26)27-5-2)18-12-8-16(3)9-13-18/h8-15H,4-7H2,1-3H3. The van der Waals surface area contributed by atoms with Crippen LogP contribution in [0.2, 0.25) is 0 Å². The van der Waals surface area contributed by atoms with Gasteiger partial charge in [-0.25, -0.2) is 4.90 Å². The van der Waals surface area contributed by atoms with Gasteiger partial charge in [-0.15, -0.1) is 11.8 Å². The van der Waals surface area contributed by atoms with Crippen molar-refractivity contribution in [2.45, 2.75) is 40.0 Å². The van der Waals surface area contributed by atoms with E-state index in [2.05, 4.69) is 6.92 Å². The van der Waals surface area contributed by atoms with Gasteiger partial charge in [-0.05, 0) is 48.8 Å². The smallest absolute Gasteiger partial charge is 0.268 e. The van der Waals surface area contributed by atoms with Crippen LogP contribution in [0.5, 0.6) is 0 Å². The van der Waals surface area contributed by atoms with Gasteiger partial charge >= 0.3 is 0 Å². The molecule has 1 heterocycles. The van der Waals surface area contributed by atoms with Crippen LogP contribution in [0.15, 0.2) is 53.4 Å². The summed E-state index contributed by atoms with van der Waals surface area (Å²) in [5.41, 5.74) is 4.32. The molecular weight excluding hydrogens is 354 g/mol. The molecule has 27 heavy (non-hydrogen) atoms. The van der Waals surface area contributed by atoms with Crippen molar-refractivity contribution in [1.29, 1.82) is 0 Å². The zero-order chi connectivity index (χ0) is 19.4. The van der Waals surface area contributed by atoms with Gasteiger partial charge in [0.05, 0.1) is 16.2 Å². The van der Waals surface area contributed by atoms with Crippen LogP contribution >= 0.6 is 11.8 Å². The Kier molecular flexibility index (Phi) is 6.17. The molecule has 0 fully saturated rings. The molecule has 1 aliphatic rings. The van der Waals surface area contributed by atoms with Crippen molar-refractivity contribution in [1.82, 2.24) is 0 Å². The van der Waals surface area contributed by atoms with Gasteiger partial charge in [-0.3, -0.25) is 9.59 Å². The van der Waals surface area contributed by atoms with E-state index < -0.39 is 0 Å². The van der Waals surface area contributed by atoms with Crippen LogP contribution in [0.3, 0.4) is 0 Å². The summed E-state index contributed by atoms with van der Waals surface area (Å²) in [6.07, 6.45) is 3.30. The first-order valence-electron chi connectivity index (χ1n) is 9.48. The second kappa shape index (κ2) is 8.57. The lowest BCUT2D eigenvalue weighted by Crippen LogP contribution is -2.31. The van der Waals surface area contributed by atoms with Crippen molar-refractivity contribution in [2.75, 3.05) is 10.7 Å². The predicted molar refractivity (Wildman–Crippen MR) is 114 cm³/mol. The average molecular weight is 380 g/mol. The van der Waals surface area contributed by atoms with E-state index in [1.54, 1.807) is 0 Å². The van der Waals surface area contributed by atoms with Crippen LogP contribution in [0.1, 0.15) is 43.4 Å². The van der Waals surface area contributed by atoms with Crippen molar-refractivity contribution < 1.29 is 9.59 Å². The van der Waals surface area contributed by atoms with Crippen molar-refractivity contribution in [2.24, 2.45) is 0 Å². The molecule has 0 unspecified atom stereocenters. The van der Waals surface area contributed by atoms with E-state index in [1.807, 2.05) is 62.4 Å². The number of rotatable bonds is 7. The lowest BCUT2D eigenvalue weighted by atomic mass is 10.0. The first-order chi connectivity index (χ1) is 13.1. The summed E-state index contributed by atoms with van der Waals surface area (Å²) in [7, 11) is 0. The zero-order valence-electron chi connectivity index (χ0n) is 16.1. The molecule has 4 heteroatoms. The van der Waals surface area contributed by atoms with Crippen LogP contribution in [-0.2, 0) is 16.0 Å². The molecule has 3 rings (SSSR count). The Hall–Kier alpha value is -2.33. The molecule has 0 aromatic heterocycles. The van der Waals surface area contributed by atoms with Crippen LogP contribution in [0, 0.1) is 6.92 Å². The number of hydrogen-bond donors (Lipinski definition) is 0. The molecule has 2 aromatic rings. The fourth-order valence-corrected chi connectivity index (χ4v) is 4.04. The normalized spacial score (nSPS) is 14.4. The molecule has 0 bridgehead atoms. The van der Waals surface area contributed by atoms with Gasteiger partial charge in [-0.2, -0.15) is 0 Å². The summed E-state index contributed by atoms with van der Waals surface area (Å²) in [5.74, 6) is 0.290. The number of unbranched alkanes of at least 4 members (excludes halogenated alkanes) is 1. The number of anilines is 1. The van der Waals surface area contributed by atoms with Gasteiger partial charge in [-0.1, -0.05) is 62.2 Å². The fourth-order valence-electron chi connectivity index (χ4n) is 3.19. The summed E-state index contributed by atoms with van der Waals surface area (Å²) in [4.78, 5) is 28.1. The Labute approximate surface area is 165 Å². The summed E-state index contributed by atoms with van der Waals surface area (Å²) in [6.45, 7) is 6.17. The quantitative estimate of drug-likeness (QED) is 0.607. The molecule has 0 saturated heterocycles. The second-order valence-electron chi connectivity index (χ2n) is 6.72. The lowest BCUT2D eigenvalue weighted by molar-refractivity contribution is -0.119. The van der Waals surface area contributed by atoms with E-state index >= 15 is 0 Å². The van der Waals surface area contributed by atoms with Gasteiger partial charge in [0.15, 0.2) is 0 Å². The third-order valence-electron chi connectivity index (χ3n) is 4.68. The molecule has 2 aromatic carbocycles. The van der Waals surface area contributed by atoms with Gasteiger partial charge in [0, 0.05) is 0 Å². The highest BCUT2D eigenvalue weighted by Gasteiger charge is 2.39. The monoisotopic (exact) mass is 379 g/mol. The van der Waals surface area contributed by atoms with E-state index in [-0.39, 0.29) is 11.8 Å². The summed E-state index contributed by atoms with van der Waals surface area (Å²) in [6, 6.07) is 15.6. The van der Waals surface area contributed by atoms with E-state index in [0.29, 0.717) is 16.2 Å². The lowest BCUT2D eigenvalue weighted by Gasteiger charge is -2.16.